The molecule has 0 fully saturated rings. The lowest BCUT2D eigenvalue weighted by Crippen LogP contribution is -2.50. The normalized spacial score (nSPS) is 16.4. The van der Waals surface area contributed by atoms with Crippen molar-refractivity contribution in [2.75, 3.05) is 19.0 Å². The molecule has 0 saturated heterocycles. The Bertz CT molecular complexity index is 736. The number of hydrogen-bond acceptors (Lipinski definition) is 6. The molecule has 1 aliphatic rings. The Kier molecular flexibility index (Phi) is 7.99. The highest BCUT2D eigenvalue weighted by atomic mass is 35.5. The van der Waals surface area contributed by atoms with Crippen LogP contribution in [0.3, 0.4) is 0 Å². The number of benzene rings is 1. The fraction of sp³-hybridized carbons (Fsp3) is 0.389. The molecule has 0 saturated carbocycles. The van der Waals surface area contributed by atoms with Crippen LogP contribution < -0.4 is 10.6 Å². The highest BCUT2D eigenvalue weighted by Gasteiger charge is 2.30. The molecule has 1 aromatic carbocycles. The first-order chi connectivity index (χ1) is 12.9. The van der Waals surface area contributed by atoms with Crippen LogP contribution in [0.4, 0.5) is 4.79 Å². The van der Waals surface area contributed by atoms with Crippen LogP contribution in [0.25, 0.3) is 0 Å². The lowest BCUT2D eigenvalue weighted by molar-refractivity contribution is -0.143. The minimum Gasteiger partial charge on any atom is -0.463 e. The molecule has 1 aromatic rings. The van der Waals surface area contributed by atoms with E-state index in [1.807, 2.05) is 12.1 Å². The molecule has 9 heteroatoms. The average Bonchev–Trinajstić information content (AvgIpc) is 2.61. The first-order valence-corrected chi connectivity index (χ1v) is 9.78. The summed E-state index contributed by atoms with van der Waals surface area (Å²) in [6.45, 7) is 3.36. The van der Waals surface area contributed by atoms with Crippen molar-refractivity contribution in [1.82, 2.24) is 10.6 Å². The molecule has 0 bridgehead atoms. The molecule has 0 aromatic heterocycles. The second-order valence-corrected chi connectivity index (χ2v) is 7.25. The maximum atomic E-state index is 12.1. The van der Waals surface area contributed by atoms with E-state index in [4.69, 9.17) is 21.1 Å². The molecule has 0 unspecified atom stereocenters. The van der Waals surface area contributed by atoms with Crippen molar-refractivity contribution in [3.63, 3.8) is 0 Å². The highest BCUT2D eigenvalue weighted by Crippen LogP contribution is 2.21. The zero-order chi connectivity index (χ0) is 19.8. The SMILES string of the molecule is CCOC(=O)C1=C(COC(=O)CCSc2ccc(Cl)cc2)NC(=O)N[C@@H]1C. The van der Waals surface area contributed by atoms with Gasteiger partial charge in [0.1, 0.15) is 6.61 Å². The number of amides is 2. The van der Waals surface area contributed by atoms with Gasteiger partial charge in [0.2, 0.25) is 0 Å². The first-order valence-electron chi connectivity index (χ1n) is 8.42. The van der Waals surface area contributed by atoms with Gasteiger partial charge in [-0.05, 0) is 38.1 Å². The van der Waals surface area contributed by atoms with E-state index < -0.39 is 24.0 Å². The van der Waals surface area contributed by atoms with Gasteiger partial charge in [0, 0.05) is 15.7 Å². The number of halogens is 1. The Morgan fingerprint density at radius 1 is 1.22 bits per heavy atom. The van der Waals surface area contributed by atoms with Crippen molar-refractivity contribution in [3.05, 3.63) is 40.6 Å². The van der Waals surface area contributed by atoms with Gasteiger partial charge in [0.15, 0.2) is 0 Å². The maximum absolute atomic E-state index is 12.1. The van der Waals surface area contributed by atoms with E-state index in [9.17, 15) is 14.4 Å². The van der Waals surface area contributed by atoms with Crippen LogP contribution in [-0.4, -0.2) is 43.0 Å². The third-order valence-electron chi connectivity index (χ3n) is 3.63. The van der Waals surface area contributed by atoms with Crippen LogP contribution in [0.15, 0.2) is 40.4 Å². The number of urea groups is 1. The van der Waals surface area contributed by atoms with Crippen molar-refractivity contribution >= 4 is 41.3 Å². The van der Waals surface area contributed by atoms with Gasteiger partial charge in [0.05, 0.1) is 30.3 Å². The fourth-order valence-electron chi connectivity index (χ4n) is 2.40. The summed E-state index contributed by atoms with van der Waals surface area (Å²) in [4.78, 5) is 36.7. The number of carbonyl (C=O) groups excluding carboxylic acids is 3. The van der Waals surface area contributed by atoms with E-state index in [0.717, 1.165) is 4.90 Å². The predicted molar refractivity (Wildman–Crippen MR) is 103 cm³/mol. The molecule has 27 heavy (non-hydrogen) atoms. The lowest BCUT2D eigenvalue weighted by Gasteiger charge is -2.26. The van der Waals surface area contributed by atoms with E-state index in [-0.39, 0.29) is 30.9 Å². The second kappa shape index (κ2) is 10.2. The van der Waals surface area contributed by atoms with Crippen molar-refractivity contribution < 1.29 is 23.9 Å². The number of esters is 2. The average molecular weight is 413 g/mol. The van der Waals surface area contributed by atoms with E-state index in [2.05, 4.69) is 10.6 Å². The molecule has 1 atom stereocenters. The molecule has 1 aliphatic heterocycles. The minimum atomic E-state index is -0.554. The molecule has 2 amide bonds. The van der Waals surface area contributed by atoms with Crippen LogP contribution in [0.2, 0.25) is 5.02 Å². The van der Waals surface area contributed by atoms with Gasteiger partial charge in [-0.25, -0.2) is 9.59 Å². The zero-order valence-electron chi connectivity index (χ0n) is 15.0. The Balaban J connectivity index is 1.88. The molecule has 146 valence electrons. The number of rotatable bonds is 8. The number of nitrogens with one attached hydrogen (secondary N) is 2. The van der Waals surface area contributed by atoms with Crippen LogP contribution >= 0.6 is 23.4 Å². The van der Waals surface area contributed by atoms with Gasteiger partial charge in [-0.3, -0.25) is 4.79 Å². The summed E-state index contributed by atoms with van der Waals surface area (Å²) in [5.74, 6) is -0.441. The van der Waals surface area contributed by atoms with Gasteiger partial charge in [0.25, 0.3) is 0 Å². The molecule has 0 aliphatic carbocycles. The van der Waals surface area contributed by atoms with Crippen molar-refractivity contribution in [1.29, 1.82) is 0 Å². The molecular weight excluding hydrogens is 392 g/mol. The largest absolute Gasteiger partial charge is 0.463 e. The minimum absolute atomic E-state index is 0.192. The molecule has 2 N–H and O–H groups in total. The summed E-state index contributed by atoms with van der Waals surface area (Å²) in [5.41, 5.74) is 0.489. The third kappa shape index (κ3) is 6.48. The predicted octanol–water partition coefficient (Wildman–Crippen LogP) is 2.88. The van der Waals surface area contributed by atoms with Crippen LogP contribution in [0.1, 0.15) is 20.3 Å². The fourth-order valence-corrected chi connectivity index (χ4v) is 3.36. The molecule has 0 spiro atoms. The Morgan fingerprint density at radius 3 is 2.59 bits per heavy atom. The molecular formula is C18H21ClN2O5S. The second-order valence-electron chi connectivity index (χ2n) is 5.65. The summed E-state index contributed by atoms with van der Waals surface area (Å²) in [6, 6.07) is 6.33. The van der Waals surface area contributed by atoms with E-state index in [1.165, 1.54) is 11.8 Å². The zero-order valence-corrected chi connectivity index (χ0v) is 16.6. The van der Waals surface area contributed by atoms with Gasteiger partial charge in [-0.2, -0.15) is 0 Å². The summed E-state index contributed by atoms with van der Waals surface area (Å²) in [7, 11) is 0. The Labute approximate surface area is 166 Å². The van der Waals surface area contributed by atoms with E-state index >= 15 is 0 Å². The number of thioether (sulfide) groups is 1. The van der Waals surface area contributed by atoms with E-state index in [1.54, 1.807) is 26.0 Å². The third-order valence-corrected chi connectivity index (χ3v) is 4.90. The van der Waals surface area contributed by atoms with Crippen molar-refractivity contribution in [2.45, 2.75) is 31.2 Å². The lowest BCUT2D eigenvalue weighted by atomic mass is 10.0. The summed E-state index contributed by atoms with van der Waals surface area (Å²) < 4.78 is 10.2. The molecule has 7 nitrogen and oxygen atoms in total. The standard InChI is InChI=1S/C18H21ClN2O5S/c1-3-25-17(23)16-11(2)20-18(24)21-14(16)10-26-15(22)8-9-27-13-6-4-12(19)5-7-13/h4-7,11H,3,8-10H2,1-2H3,(H2,20,21,24)/t11-/m1/s1. The van der Waals surface area contributed by atoms with Gasteiger partial charge in [-0.15, -0.1) is 11.8 Å². The smallest absolute Gasteiger partial charge is 0.338 e. The van der Waals surface area contributed by atoms with E-state index in [0.29, 0.717) is 10.8 Å². The summed E-state index contributed by atoms with van der Waals surface area (Å²) in [6.07, 6.45) is 0.192. The van der Waals surface area contributed by atoms with Crippen molar-refractivity contribution in [2.24, 2.45) is 0 Å². The van der Waals surface area contributed by atoms with Gasteiger partial charge in [-0.1, -0.05) is 11.6 Å². The first kappa shape index (κ1) is 21.1. The van der Waals surface area contributed by atoms with Crippen molar-refractivity contribution in [3.8, 4) is 0 Å². The molecule has 2 rings (SSSR count). The Morgan fingerprint density at radius 2 is 1.93 bits per heavy atom. The summed E-state index contributed by atoms with van der Waals surface area (Å²) >= 11 is 7.34. The van der Waals surface area contributed by atoms with Crippen LogP contribution in [0.5, 0.6) is 0 Å². The summed E-state index contributed by atoms with van der Waals surface area (Å²) in [5, 5.41) is 5.75. The van der Waals surface area contributed by atoms with Crippen LogP contribution in [-0.2, 0) is 19.1 Å². The van der Waals surface area contributed by atoms with Gasteiger partial charge < -0.3 is 20.1 Å². The number of ether oxygens (including phenoxy) is 2. The highest BCUT2D eigenvalue weighted by molar-refractivity contribution is 7.99. The maximum Gasteiger partial charge on any atom is 0.338 e. The topological polar surface area (TPSA) is 93.7 Å². The monoisotopic (exact) mass is 412 g/mol. The van der Waals surface area contributed by atoms with Gasteiger partial charge >= 0.3 is 18.0 Å². The Hall–Kier alpha value is -2.19. The molecule has 1 heterocycles. The quantitative estimate of drug-likeness (QED) is 0.503. The molecule has 0 radical (unpaired) electrons. The van der Waals surface area contributed by atoms with Crippen LogP contribution in [0, 0.1) is 0 Å². The number of carbonyl (C=O) groups is 3. The number of hydrogen-bond donors (Lipinski definition) is 2.